The largest absolute Gasteiger partial charge is 0.762 e. The third-order valence-electron chi connectivity index (χ3n) is 5.02. The fourth-order valence-corrected chi connectivity index (χ4v) is 3.60. The van der Waals surface area contributed by atoms with Gasteiger partial charge in [-0.25, -0.2) is 0 Å². The molecule has 0 amide bonds. The second-order valence-electron chi connectivity index (χ2n) is 6.43. The van der Waals surface area contributed by atoms with Crippen LogP contribution in [0.15, 0.2) is 0 Å². The number of carbonyl (C=O) groups excluding carboxylic acids is 1. The molecule has 1 heterocycles. The van der Waals surface area contributed by atoms with Gasteiger partial charge in [0.1, 0.15) is 5.78 Å². The molecule has 2 fully saturated rings. The average Bonchev–Trinajstić information content (AvgIpc) is 2.47. The topological polar surface area (TPSA) is 66.8 Å². The molecular weight excluding hydrogens is 256 g/mol. The van der Waals surface area contributed by atoms with Gasteiger partial charge in [0, 0.05) is 18.5 Å². The minimum Gasteiger partial charge on any atom is -0.762 e. The lowest BCUT2D eigenvalue weighted by molar-refractivity contribution is -0.128. The molecule has 116 valence electrons. The first-order valence-electron chi connectivity index (χ1n) is 8.00. The van der Waals surface area contributed by atoms with Crippen molar-refractivity contribution in [2.75, 3.05) is 19.6 Å². The molecule has 1 saturated heterocycles. The Kier molecular flexibility index (Phi) is 5.96. The number of Topliss-reactive ketones (excluding diaryl/α,β-unsaturated/α-hetero) is 1. The van der Waals surface area contributed by atoms with Crippen LogP contribution in [0.1, 0.15) is 51.9 Å². The molecule has 0 aromatic carbocycles. The van der Waals surface area contributed by atoms with Crippen molar-refractivity contribution in [3.05, 3.63) is 5.21 Å². The summed E-state index contributed by atoms with van der Waals surface area (Å²) in [6.45, 7) is 4.90. The molecule has 0 aromatic rings. The van der Waals surface area contributed by atoms with Gasteiger partial charge < -0.3 is 10.4 Å². The van der Waals surface area contributed by atoms with E-state index < -0.39 is 0 Å². The van der Waals surface area contributed by atoms with Crippen molar-refractivity contribution in [2.45, 2.75) is 57.9 Å². The second kappa shape index (κ2) is 7.50. The van der Waals surface area contributed by atoms with E-state index >= 15 is 0 Å². The van der Waals surface area contributed by atoms with Crippen LogP contribution in [0.2, 0.25) is 0 Å². The van der Waals surface area contributed by atoms with Crippen molar-refractivity contribution in [3.8, 4) is 0 Å². The predicted octanol–water partition coefficient (Wildman–Crippen LogP) is 2.43. The summed E-state index contributed by atoms with van der Waals surface area (Å²) in [6.07, 6.45) is 6.45. The smallest absolute Gasteiger partial charge is 0.149 e. The summed E-state index contributed by atoms with van der Waals surface area (Å²) in [6, 6.07) is -0.307. The molecule has 0 aromatic heterocycles. The first-order valence-corrected chi connectivity index (χ1v) is 8.00. The molecule has 0 bridgehead atoms. The third-order valence-corrected chi connectivity index (χ3v) is 5.02. The predicted molar refractivity (Wildman–Crippen MR) is 77.2 cm³/mol. The van der Waals surface area contributed by atoms with Gasteiger partial charge >= 0.3 is 0 Å². The molecule has 0 spiro atoms. The number of carbonyl (C=O) groups is 1. The highest BCUT2D eigenvalue weighted by Gasteiger charge is 2.28. The Bertz CT molecular complexity index is 314. The fourth-order valence-electron chi connectivity index (χ4n) is 3.60. The van der Waals surface area contributed by atoms with E-state index in [1.54, 1.807) is 0 Å². The van der Waals surface area contributed by atoms with Gasteiger partial charge in [0.25, 0.3) is 0 Å². The zero-order chi connectivity index (χ0) is 14.5. The molecule has 1 atom stereocenters. The molecule has 5 heteroatoms. The zero-order valence-electron chi connectivity index (χ0n) is 12.5. The number of likely N-dealkylation sites (tertiary alicyclic amines) is 1. The minimum atomic E-state index is -0.307. The lowest BCUT2D eigenvalue weighted by atomic mass is 9.83. The molecular formula is C15H27N2O3-. The maximum absolute atomic E-state index is 12.3. The van der Waals surface area contributed by atoms with Gasteiger partial charge in [0.2, 0.25) is 0 Å². The van der Waals surface area contributed by atoms with Gasteiger partial charge in [-0.15, -0.1) is 0 Å². The van der Waals surface area contributed by atoms with E-state index in [1.165, 1.54) is 19.3 Å². The molecule has 20 heavy (non-hydrogen) atoms. The Morgan fingerprint density at radius 3 is 2.60 bits per heavy atom. The normalized spacial score (nSPS) is 32.5. The van der Waals surface area contributed by atoms with Gasteiger partial charge in [-0.1, -0.05) is 13.3 Å². The maximum Gasteiger partial charge on any atom is 0.149 e. The lowest BCUT2D eigenvalue weighted by Crippen LogP contribution is -2.41. The molecule has 1 saturated carbocycles. The highest BCUT2D eigenvalue weighted by molar-refractivity contribution is 5.83. The SMILES string of the molecule is CCC1CCCN(CC(=O)C2CCC(N([O-])O)CC2)C1. The fraction of sp³-hybridized carbons (Fsp3) is 0.933. The van der Waals surface area contributed by atoms with Gasteiger partial charge in [-0.2, -0.15) is 0 Å². The number of hydroxylamine groups is 2. The number of ketones is 1. The number of nitrogens with zero attached hydrogens (tertiary/aromatic N) is 2. The summed E-state index contributed by atoms with van der Waals surface area (Å²) in [7, 11) is 0. The minimum absolute atomic E-state index is 0.0666. The summed E-state index contributed by atoms with van der Waals surface area (Å²) in [5.41, 5.74) is 0. The standard InChI is InChI=1S/C15H27N2O3/c1-2-12-4-3-9-16(10-12)11-15(18)13-5-7-14(8-6-13)17(19)20/h12-14,19H,2-11H2,1H3/q-1. The summed E-state index contributed by atoms with van der Waals surface area (Å²) in [4.78, 5) is 14.6. The van der Waals surface area contributed by atoms with Gasteiger partial charge in [0.05, 0.1) is 6.54 Å². The summed E-state index contributed by atoms with van der Waals surface area (Å²) < 4.78 is 0. The number of hydrogen-bond donors (Lipinski definition) is 1. The Labute approximate surface area is 121 Å². The number of piperidine rings is 1. The van der Waals surface area contributed by atoms with Crippen molar-refractivity contribution >= 4 is 5.78 Å². The van der Waals surface area contributed by atoms with Crippen LogP contribution in [0.3, 0.4) is 0 Å². The summed E-state index contributed by atoms with van der Waals surface area (Å²) in [5.74, 6) is 1.17. The van der Waals surface area contributed by atoms with Gasteiger partial charge in [0.15, 0.2) is 0 Å². The molecule has 5 nitrogen and oxygen atoms in total. The second-order valence-corrected chi connectivity index (χ2v) is 6.43. The molecule has 1 aliphatic heterocycles. The van der Waals surface area contributed by atoms with Gasteiger partial charge in [-0.3, -0.25) is 14.9 Å². The van der Waals surface area contributed by atoms with Crippen LogP contribution in [0.5, 0.6) is 0 Å². The van der Waals surface area contributed by atoms with Crippen LogP contribution in [0.4, 0.5) is 0 Å². The van der Waals surface area contributed by atoms with Crippen LogP contribution in [0, 0.1) is 17.0 Å². The van der Waals surface area contributed by atoms with E-state index in [4.69, 9.17) is 5.21 Å². The highest BCUT2D eigenvalue weighted by Crippen LogP contribution is 2.28. The first kappa shape index (κ1) is 15.9. The van der Waals surface area contributed by atoms with E-state index in [2.05, 4.69) is 11.8 Å². The summed E-state index contributed by atoms with van der Waals surface area (Å²) in [5, 5.41) is 19.8. The molecule has 2 rings (SSSR count). The van der Waals surface area contributed by atoms with E-state index in [-0.39, 0.29) is 17.2 Å². The van der Waals surface area contributed by atoms with E-state index in [0.29, 0.717) is 25.2 Å². The number of hydrogen-bond acceptors (Lipinski definition) is 5. The van der Waals surface area contributed by atoms with Crippen LogP contribution in [-0.2, 0) is 4.79 Å². The monoisotopic (exact) mass is 283 g/mol. The van der Waals surface area contributed by atoms with Crippen molar-refractivity contribution in [1.82, 2.24) is 10.1 Å². The molecule has 1 aliphatic carbocycles. The summed E-state index contributed by atoms with van der Waals surface area (Å²) >= 11 is 0. The lowest BCUT2D eigenvalue weighted by Gasteiger charge is -2.37. The Hall–Kier alpha value is -0.490. The van der Waals surface area contributed by atoms with Gasteiger partial charge in [-0.05, 0) is 51.0 Å². The molecule has 0 radical (unpaired) electrons. The highest BCUT2D eigenvalue weighted by atomic mass is 16.8. The quantitative estimate of drug-likeness (QED) is 0.785. The van der Waals surface area contributed by atoms with E-state index in [1.807, 2.05) is 0 Å². The van der Waals surface area contributed by atoms with E-state index in [9.17, 15) is 10.0 Å². The van der Waals surface area contributed by atoms with Crippen LogP contribution >= 0.6 is 0 Å². The van der Waals surface area contributed by atoms with Crippen molar-refractivity contribution in [1.29, 1.82) is 0 Å². The Morgan fingerprint density at radius 2 is 2.00 bits per heavy atom. The van der Waals surface area contributed by atoms with Crippen LogP contribution in [-0.4, -0.2) is 46.8 Å². The van der Waals surface area contributed by atoms with Crippen molar-refractivity contribution in [2.24, 2.45) is 11.8 Å². The number of rotatable bonds is 5. The maximum atomic E-state index is 12.3. The molecule has 2 aliphatic rings. The zero-order valence-corrected chi connectivity index (χ0v) is 12.5. The Balaban J connectivity index is 1.75. The van der Waals surface area contributed by atoms with Crippen molar-refractivity contribution in [3.63, 3.8) is 0 Å². The van der Waals surface area contributed by atoms with Crippen LogP contribution < -0.4 is 0 Å². The average molecular weight is 283 g/mol. The molecule has 1 N–H and O–H groups in total. The first-order chi connectivity index (χ1) is 9.60. The van der Waals surface area contributed by atoms with Crippen molar-refractivity contribution < 1.29 is 10.0 Å². The van der Waals surface area contributed by atoms with Crippen LogP contribution in [0.25, 0.3) is 0 Å². The van der Waals surface area contributed by atoms with E-state index in [0.717, 1.165) is 31.8 Å². The third kappa shape index (κ3) is 4.25. The Morgan fingerprint density at radius 1 is 1.30 bits per heavy atom. The molecule has 1 unspecified atom stereocenters.